The monoisotopic (exact) mass is 276 g/mol. The van der Waals surface area contributed by atoms with Crippen LogP contribution in [0, 0.1) is 0 Å². The molecule has 2 aromatic rings. The van der Waals surface area contributed by atoms with Crippen molar-refractivity contribution in [1.29, 1.82) is 0 Å². The molecule has 1 heterocycles. The lowest BCUT2D eigenvalue weighted by molar-refractivity contribution is 0.0808. The highest BCUT2D eigenvalue weighted by atomic mass is 35.5. The highest BCUT2D eigenvalue weighted by Gasteiger charge is 2.39. The largest absolute Gasteiger partial charge is 0.355 e. The predicted octanol–water partition coefficient (Wildman–Crippen LogP) is 4.30. The van der Waals surface area contributed by atoms with Crippen LogP contribution in [0.5, 0.6) is 0 Å². The van der Waals surface area contributed by atoms with E-state index in [9.17, 15) is 0 Å². The number of benzene rings is 2. The summed E-state index contributed by atoms with van der Waals surface area (Å²) in [6, 6.07) is 18.3. The van der Waals surface area contributed by atoms with Crippen LogP contribution in [-0.2, 0) is 9.67 Å². The Labute approximate surface area is 116 Å². The number of rotatable bonds is 2. The van der Waals surface area contributed by atoms with Crippen molar-refractivity contribution >= 4 is 23.4 Å². The van der Waals surface area contributed by atoms with E-state index in [1.807, 2.05) is 42.1 Å². The molecule has 0 radical (unpaired) electrons. The first-order chi connectivity index (χ1) is 8.81. The van der Waals surface area contributed by atoms with Gasteiger partial charge in [0.15, 0.2) is 4.93 Å². The first-order valence-corrected chi connectivity index (χ1v) is 7.27. The minimum Gasteiger partial charge on any atom is -0.355 e. The summed E-state index contributed by atoms with van der Waals surface area (Å²) >= 11 is 7.80. The van der Waals surface area contributed by atoms with E-state index in [1.54, 1.807) is 0 Å². The fourth-order valence-electron chi connectivity index (χ4n) is 2.24. The van der Waals surface area contributed by atoms with Gasteiger partial charge in [0.1, 0.15) is 0 Å². The molecule has 3 heteroatoms. The van der Waals surface area contributed by atoms with Gasteiger partial charge in [-0.25, -0.2) is 0 Å². The SMILES string of the molecule is Clc1ccc(C2(c3ccccc3)OCCS2)cc1. The van der Waals surface area contributed by atoms with E-state index in [0.717, 1.165) is 22.9 Å². The van der Waals surface area contributed by atoms with Crippen molar-refractivity contribution in [2.45, 2.75) is 4.93 Å². The summed E-state index contributed by atoms with van der Waals surface area (Å²) in [5.41, 5.74) is 2.34. The van der Waals surface area contributed by atoms with Crippen LogP contribution < -0.4 is 0 Å². The van der Waals surface area contributed by atoms with E-state index in [4.69, 9.17) is 16.3 Å². The van der Waals surface area contributed by atoms with E-state index in [2.05, 4.69) is 24.3 Å². The van der Waals surface area contributed by atoms with Crippen molar-refractivity contribution in [2.75, 3.05) is 12.4 Å². The predicted molar refractivity (Wildman–Crippen MR) is 77.1 cm³/mol. The molecule has 0 N–H and O–H groups in total. The third-order valence-electron chi connectivity index (χ3n) is 3.07. The number of ether oxygens (including phenoxy) is 1. The number of halogens is 1. The molecule has 0 amide bonds. The smallest absolute Gasteiger partial charge is 0.165 e. The Bertz CT molecular complexity index is 518. The highest BCUT2D eigenvalue weighted by Crippen LogP contribution is 2.47. The van der Waals surface area contributed by atoms with Crippen LogP contribution in [0.25, 0.3) is 0 Å². The Kier molecular flexibility index (Phi) is 3.33. The van der Waals surface area contributed by atoms with Gasteiger partial charge in [0.05, 0.1) is 6.61 Å². The third-order valence-corrected chi connectivity index (χ3v) is 4.69. The summed E-state index contributed by atoms with van der Waals surface area (Å²) in [4.78, 5) is -0.369. The minimum absolute atomic E-state index is 0.369. The molecule has 3 rings (SSSR count). The molecule has 0 aliphatic carbocycles. The van der Waals surface area contributed by atoms with E-state index in [0.29, 0.717) is 0 Å². The van der Waals surface area contributed by atoms with Gasteiger partial charge in [-0.05, 0) is 23.3 Å². The van der Waals surface area contributed by atoms with Crippen LogP contribution >= 0.6 is 23.4 Å². The molecule has 0 spiro atoms. The molecule has 1 unspecified atom stereocenters. The lowest BCUT2D eigenvalue weighted by Gasteiger charge is -2.28. The summed E-state index contributed by atoms with van der Waals surface area (Å²) in [5, 5.41) is 0.755. The maximum Gasteiger partial charge on any atom is 0.165 e. The maximum atomic E-state index is 6.07. The molecule has 1 aliphatic rings. The Morgan fingerprint density at radius 1 is 0.944 bits per heavy atom. The van der Waals surface area contributed by atoms with Gasteiger partial charge in [0.2, 0.25) is 0 Å². The summed E-state index contributed by atoms with van der Waals surface area (Å²) < 4.78 is 6.07. The number of hydrogen-bond donors (Lipinski definition) is 0. The first kappa shape index (κ1) is 12.1. The van der Waals surface area contributed by atoms with Crippen LogP contribution in [0.1, 0.15) is 11.1 Å². The van der Waals surface area contributed by atoms with Crippen molar-refractivity contribution in [3.8, 4) is 0 Å². The summed E-state index contributed by atoms with van der Waals surface area (Å²) in [6.45, 7) is 0.780. The Balaban J connectivity index is 2.10. The van der Waals surface area contributed by atoms with Crippen LogP contribution in [0.3, 0.4) is 0 Å². The number of thioether (sulfide) groups is 1. The Morgan fingerprint density at radius 3 is 2.22 bits per heavy atom. The Hall–Kier alpha value is -0.960. The molecule has 0 saturated carbocycles. The molecule has 1 saturated heterocycles. The Morgan fingerprint density at radius 2 is 1.61 bits per heavy atom. The zero-order valence-corrected chi connectivity index (χ0v) is 11.4. The molecule has 92 valence electrons. The average Bonchev–Trinajstić information content (AvgIpc) is 2.91. The van der Waals surface area contributed by atoms with Gasteiger partial charge in [0, 0.05) is 10.8 Å². The fourth-order valence-corrected chi connectivity index (χ4v) is 3.59. The van der Waals surface area contributed by atoms with Crippen LogP contribution in [0.2, 0.25) is 5.02 Å². The lowest BCUT2D eigenvalue weighted by Crippen LogP contribution is -2.22. The molecule has 0 aromatic heterocycles. The highest BCUT2D eigenvalue weighted by molar-refractivity contribution is 8.00. The van der Waals surface area contributed by atoms with Crippen LogP contribution in [0.4, 0.5) is 0 Å². The van der Waals surface area contributed by atoms with Gasteiger partial charge in [-0.15, -0.1) is 11.8 Å². The third kappa shape index (κ3) is 2.05. The van der Waals surface area contributed by atoms with Gasteiger partial charge < -0.3 is 4.74 Å². The topological polar surface area (TPSA) is 9.23 Å². The molecule has 1 atom stereocenters. The first-order valence-electron chi connectivity index (χ1n) is 5.91. The van der Waals surface area contributed by atoms with Gasteiger partial charge >= 0.3 is 0 Å². The van der Waals surface area contributed by atoms with Gasteiger partial charge in [0.25, 0.3) is 0 Å². The second-order valence-electron chi connectivity index (χ2n) is 4.19. The molecule has 1 fully saturated rings. The molecule has 1 nitrogen and oxygen atoms in total. The van der Waals surface area contributed by atoms with Crippen LogP contribution in [0.15, 0.2) is 54.6 Å². The minimum atomic E-state index is -0.369. The van der Waals surface area contributed by atoms with Crippen LogP contribution in [-0.4, -0.2) is 12.4 Å². The zero-order valence-electron chi connectivity index (χ0n) is 9.80. The molecule has 1 aliphatic heterocycles. The quantitative estimate of drug-likeness (QED) is 0.809. The molecule has 2 aromatic carbocycles. The molecule has 0 bridgehead atoms. The number of hydrogen-bond acceptors (Lipinski definition) is 2. The standard InChI is InChI=1S/C15H13ClOS/c16-14-8-6-13(7-9-14)15(17-10-11-18-15)12-4-2-1-3-5-12/h1-9H,10-11H2. The summed E-state index contributed by atoms with van der Waals surface area (Å²) in [6.07, 6.45) is 0. The van der Waals surface area contributed by atoms with Crippen molar-refractivity contribution in [1.82, 2.24) is 0 Å². The van der Waals surface area contributed by atoms with Crippen molar-refractivity contribution < 1.29 is 4.74 Å². The normalized spacial score (nSPS) is 23.2. The van der Waals surface area contributed by atoms with Gasteiger partial charge in [-0.2, -0.15) is 0 Å². The van der Waals surface area contributed by atoms with E-state index in [1.165, 1.54) is 5.56 Å². The van der Waals surface area contributed by atoms with E-state index in [-0.39, 0.29) is 4.93 Å². The second kappa shape index (κ2) is 4.96. The average molecular weight is 277 g/mol. The van der Waals surface area contributed by atoms with Crippen molar-refractivity contribution in [3.63, 3.8) is 0 Å². The van der Waals surface area contributed by atoms with Gasteiger partial charge in [-0.3, -0.25) is 0 Å². The van der Waals surface area contributed by atoms with E-state index < -0.39 is 0 Å². The van der Waals surface area contributed by atoms with Gasteiger partial charge in [-0.1, -0.05) is 54.1 Å². The van der Waals surface area contributed by atoms with Crippen molar-refractivity contribution in [2.24, 2.45) is 0 Å². The zero-order chi connectivity index (χ0) is 12.4. The van der Waals surface area contributed by atoms with Crippen molar-refractivity contribution in [3.05, 3.63) is 70.7 Å². The maximum absolute atomic E-state index is 6.07. The summed E-state index contributed by atoms with van der Waals surface area (Å²) in [5.74, 6) is 1.01. The molecular weight excluding hydrogens is 264 g/mol. The summed E-state index contributed by atoms with van der Waals surface area (Å²) in [7, 11) is 0. The van der Waals surface area contributed by atoms with E-state index >= 15 is 0 Å². The molecule has 18 heavy (non-hydrogen) atoms. The molecular formula is C15H13ClOS. The fraction of sp³-hybridized carbons (Fsp3) is 0.200. The lowest BCUT2D eigenvalue weighted by atomic mass is 10.0. The second-order valence-corrected chi connectivity index (χ2v) is 5.89.